The third kappa shape index (κ3) is 4.35. The minimum Gasteiger partial charge on any atom is -0.378 e. The molecule has 3 aliphatic rings. The first-order chi connectivity index (χ1) is 15.6. The Kier molecular flexibility index (Phi) is 6.73. The fourth-order valence-corrected chi connectivity index (χ4v) is 4.90. The molecule has 8 nitrogen and oxygen atoms in total. The van der Waals surface area contributed by atoms with Gasteiger partial charge in [0.15, 0.2) is 0 Å². The Balaban J connectivity index is 0.00000259. The Bertz CT molecular complexity index is 1030. The Hall–Kier alpha value is -2.89. The van der Waals surface area contributed by atoms with Crippen molar-refractivity contribution in [2.45, 2.75) is 38.6 Å². The van der Waals surface area contributed by atoms with E-state index in [0.717, 1.165) is 56.9 Å². The van der Waals surface area contributed by atoms with Crippen molar-refractivity contribution in [3.63, 3.8) is 0 Å². The number of ether oxygens (including phenoxy) is 1. The quantitative estimate of drug-likeness (QED) is 0.686. The predicted octanol–water partition coefficient (Wildman–Crippen LogP) is 3.91. The van der Waals surface area contributed by atoms with E-state index in [0.29, 0.717) is 18.2 Å². The molecule has 1 aromatic carbocycles. The normalized spacial score (nSPS) is 24.8. The largest absolute Gasteiger partial charge is 0.378 e. The summed E-state index contributed by atoms with van der Waals surface area (Å²) < 4.78 is 5.42. The summed E-state index contributed by atoms with van der Waals surface area (Å²) in [6.07, 6.45) is 4.95. The monoisotopic (exact) mass is 468 g/mol. The molecule has 0 unspecified atom stereocenters. The predicted molar refractivity (Wildman–Crippen MR) is 129 cm³/mol. The molecule has 1 aromatic heterocycles. The van der Waals surface area contributed by atoms with Gasteiger partial charge in [-0.05, 0) is 61.9 Å². The molecule has 3 heterocycles. The number of aromatic nitrogens is 2. The maximum Gasteiger partial charge on any atom is 0.249 e. The molecule has 0 bridgehead atoms. The van der Waals surface area contributed by atoms with Crippen LogP contribution in [0.5, 0.6) is 0 Å². The lowest BCUT2D eigenvalue weighted by molar-refractivity contribution is -0.123. The molecular weight excluding hydrogens is 440 g/mol. The summed E-state index contributed by atoms with van der Waals surface area (Å²) in [7, 11) is 0. The first kappa shape index (κ1) is 23.3. The number of carbonyl (C=O) groups excluding carboxylic acids is 1. The molecule has 1 saturated carbocycles. The summed E-state index contributed by atoms with van der Waals surface area (Å²) in [5.74, 6) is 1.07. The zero-order chi connectivity index (χ0) is 22.1. The third-order valence-electron chi connectivity index (χ3n) is 6.86. The van der Waals surface area contributed by atoms with Crippen LogP contribution >= 0.6 is 12.4 Å². The van der Waals surface area contributed by atoms with Crippen LogP contribution in [0.25, 0.3) is 0 Å². The van der Waals surface area contributed by atoms with Gasteiger partial charge >= 0.3 is 0 Å². The zero-order valence-electron chi connectivity index (χ0n) is 18.7. The van der Waals surface area contributed by atoms with Crippen molar-refractivity contribution in [1.29, 1.82) is 5.26 Å². The molecular formula is C24H29ClN6O2. The first-order valence-electron chi connectivity index (χ1n) is 11.4. The third-order valence-corrected chi connectivity index (χ3v) is 6.86. The van der Waals surface area contributed by atoms with E-state index in [1.165, 1.54) is 0 Å². The summed E-state index contributed by atoms with van der Waals surface area (Å²) >= 11 is 0. The topological polar surface area (TPSA) is 94.4 Å². The van der Waals surface area contributed by atoms with Crippen LogP contribution in [0.15, 0.2) is 36.5 Å². The number of hydrogen-bond donors (Lipinski definition) is 1. The number of benzene rings is 1. The number of halogens is 1. The second-order valence-electron chi connectivity index (χ2n) is 8.81. The number of carbonyl (C=O) groups is 1. The number of amides is 1. The van der Waals surface area contributed by atoms with Gasteiger partial charge < -0.3 is 15.0 Å². The average Bonchev–Trinajstić information content (AvgIpc) is 3.65. The first-order valence-corrected chi connectivity index (χ1v) is 11.4. The fraction of sp³-hybridized carbons (Fsp3) is 0.500. The molecule has 174 valence electrons. The number of nitrogens with zero attached hydrogens (tertiary/aromatic N) is 5. The van der Waals surface area contributed by atoms with E-state index in [-0.39, 0.29) is 30.3 Å². The van der Waals surface area contributed by atoms with Crippen LogP contribution < -0.4 is 15.1 Å². The highest BCUT2D eigenvalue weighted by Crippen LogP contribution is 2.54. The van der Waals surface area contributed by atoms with Crippen LogP contribution in [0.1, 0.15) is 32.6 Å². The van der Waals surface area contributed by atoms with E-state index in [4.69, 9.17) is 4.74 Å². The molecule has 2 atom stereocenters. The highest BCUT2D eigenvalue weighted by atomic mass is 35.5. The van der Waals surface area contributed by atoms with Crippen molar-refractivity contribution in [1.82, 2.24) is 9.97 Å². The Morgan fingerprint density at radius 3 is 2.58 bits per heavy atom. The number of nitrogens with one attached hydrogen (secondary N) is 1. The van der Waals surface area contributed by atoms with E-state index >= 15 is 0 Å². The van der Waals surface area contributed by atoms with Crippen LogP contribution in [-0.2, 0) is 9.53 Å². The van der Waals surface area contributed by atoms with Gasteiger partial charge in [0, 0.05) is 36.7 Å². The SMILES string of the molecule is CC[C@@H]1C[C@](C#N)(C2CC2)C(=O)N1c1ccnc(Nc2ccc(N3CCOCC3)cc2)n1.Cl. The van der Waals surface area contributed by atoms with Crippen LogP contribution in [0.3, 0.4) is 0 Å². The smallest absolute Gasteiger partial charge is 0.249 e. The number of morpholine rings is 1. The average molecular weight is 469 g/mol. The van der Waals surface area contributed by atoms with Crippen molar-refractivity contribution in [2.24, 2.45) is 11.3 Å². The molecule has 0 radical (unpaired) electrons. The maximum atomic E-state index is 13.4. The van der Waals surface area contributed by atoms with Gasteiger partial charge in [0.05, 0.1) is 19.3 Å². The summed E-state index contributed by atoms with van der Waals surface area (Å²) in [6.45, 7) is 5.35. The summed E-state index contributed by atoms with van der Waals surface area (Å²) in [5, 5.41) is 13.1. The van der Waals surface area contributed by atoms with Crippen LogP contribution in [0.4, 0.5) is 23.1 Å². The van der Waals surface area contributed by atoms with Gasteiger partial charge in [-0.15, -0.1) is 12.4 Å². The minimum atomic E-state index is -0.894. The maximum absolute atomic E-state index is 13.4. The number of anilines is 4. The molecule has 1 N–H and O–H groups in total. The lowest BCUT2D eigenvalue weighted by Crippen LogP contribution is -2.38. The highest BCUT2D eigenvalue weighted by molar-refractivity contribution is 6.02. The zero-order valence-corrected chi connectivity index (χ0v) is 19.6. The van der Waals surface area contributed by atoms with Crippen molar-refractivity contribution in [2.75, 3.05) is 41.4 Å². The van der Waals surface area contributed by atoms with E-state index in [1.807, 2.05) is 12.1 Å². The molecule has 2 aliphatic heterocycles. The minimum absolute atomic E-state index is 0. The highest BCUT2D eigenvalue weighted by Gasteiger charge is 2.60. The van der Waals surface area contributed by atoms with Crippen LogP contribution in [0, 0.1) is 22.7 Å². The van der Waals surface area contributed by atoms with E-state index in [9.17, 15) is 10.1 Å². The molecule has 3 fully saturated rings. The number of nitriles is 1. The van der Waals surface area contributed by atoms with Crippen molar-refractivity contribution in [3.8, 4) is 6.07 Å². The van der Waals surface area contributed by atoms with Crippen molar-refractivity contribution >= 4 is 41.5 Å². The van der Waals surface area contributed by atoms with E-state index in [1.54, 1.807) is 17.2 Å². The molecule has 1 aliphatic carbocycles. The van der Waals surface area contributed by atoms with Crippen LogP contribution in [0.2, 0.25) is 0 Å². The molecule has 1 amide bonds. The number of rotatable bonds is 6. The Morgan fingerprint density at radius 1 is 1.21 bits per heavy atom. The molecule has 2 saturated heterocycles. The summed E-state index contributed by atoms with van der Waals surface area (Å²) in [4.78, 5) is 26.4. The molecule has 2 aromatic rings. The molecule has 0 spiro atoms. The number of hydrogen-bond acceptors (Lipinski definition) is 7. The Morgan fingerprint density at radius 2 is 1.94 bits per heavy atom. The molecule has 9 heteroatoms. The van der Waals surface area contributed by atoms with E-state index in [2.05, 4.69) is 45.3 Å². The fourth-order valence-electron chi connectivity index (χ4n) is 4.90. The van der Waals surface area contributed by atoms with Crippen molar-refractivity contribution < 1.29 is 9.53 Å². The van der Waals surface area contributed by atoms with Gasteiger partial charge in [-0.25, -0.2) is 4.98 Å². The van der Waals surface area contributed by atoms with Crippen molar-refractivity contribution in [3.05, 3.63) is 36.5 Å². The molecule has 33 heavy (non-hydrogen) atoms. The second-order valence-corrected chi connectivity index (χ2v) is 8.81. The second kappa shape index (κ2) is 9.54. The van der Waals surface area contributed by atoms with E-state index < -0.39 is 5.41 Å². The molecule has 5 rings (SSSR count). The van der Waals surface area contributed by atoms with Gasteiger partial charge in [-0.3, -0.25) is 9.69 Å². The summed E-state index contributed by atoms with van der Waals surface area (Å²) in [6, 6.07) is 12.3. The van der Waals surface area contributed by atoms with Gasteiger partial charge in [0.1, 0.15) is 11.2 Å². The van der Waals surface area contributed by atoms with Gasteiger partial charge in [-0.2, -0.15) is 10.2 Å². The lowest BCUT2D eigenvalue weighted by atomic mass is 9.81. The standard InChI is InChI=1S/C24H28N6O2.ClH/c1-2-19-15-24(16-25,17-3-4-17)22(31)30(19)21-9-10-26-23(28-21)27-18-5-7-20(8-6-18)29-11-13-32-14-12-29;/h5-10,17,19H,2-4,11-15H2,1H3,(H,26,27,28);1H/t19-,24+;/m1./s1. The Labute approximate surface area is 200 Å². The van der Waals surface area contributed by atoms with Gasteiger partial charge in [-0.1, -0.05) is 6.92 Å². The van der Waals surface area contributed by atoms with Gasteiger partial charge in [0.2, 0.25) is 11.9 Å². The van der Waals surface area contributed by atoms with Crippen LogP contribution in [-0.4, -0.2) is 48.2 Å². The van der Waals surface area contributed by atoms with Gasteiger partial charge in [0.25, 0.3) is 0 Å². The lowest BCUT2D eigenvalue weighted by Gasteiger charge is -2.28. The summed E-state index contributed by atoms with van der Waals surface area (Å²) in [5.41, 5.74) is 1.15.